The first-order chi connectivity index (χ1) is 17.0. The molecular weight excluding hydrogens is 452 g/mol. The summed E-state index contributed by atoms with van der Waals surface area (Å²) in [5.74, 6) is 1.53. The fraction of sp³-hybridized carbons (Fsp3) is 0.231. The van der Waals surface area contributed by atoms with E-state index in [1.165, 1.54) is 6.07 Å². The van der Waals surface area contributed by atoms with E-state index in [1.807, 2.05) is 17.7 Å². The Morgan fingerprint density at radius 2 is 1.94 bits per heavy atom. The molecule has 0 radical (unpaired) electrons. The number of nitrogens with one attached hydrogen (secondary N) is 1. The number of benzene rings is 2. The molecule has 0 saturated carbocycles. The van der Waals surface area contributed by atoms with Crippen molar-refractivity contribution in [2.45, 2.75) is 25.8 Å². The van der Waals surface area contributed by atoms with Crippen LogP contribution in [-0.4, -0.2) is 32.8 Å². The van der Waals surface area contributed by atoms with Gasteiger partial charge in [-0.25, -0.2) is 13.9 Å². The molecule has 0 aliphatic carbocycles. The van der Waals surface area contributed by atoms with Gasteiger partial charge >= 0.3 is 0 Å². The van der Waals surface area contributed by atoms with Gasteiger partial charge in [-0.1, -0.05) is 31.0 Å². The smallest absolute Gasteiger partial charge is 0.288 e. The van der Waals surface area contributed by atoms with Crippen LogP contribution in [0, 0.1) is 23.6 Å². The Bertz CT molecular complexity index is 1500. The molecule has 35 heavy (non-hydrogen) atoms. The second-order valence-electron chi connectivity index (χ2n) is 8.32. The van der Waals surface area contributed by atoms with E-state index in [1.54, 1.807) is 24.3 Å². The summed E-state index contributed by atoms with van der Waals surface area (Å²) in [6, 6.07) is 13.5. The number of fused-ring (bicyclic) bond motifs is 1. The van der Waals surface area contributed by atoms with Gasteiger partial charge in [-0.15, -0.1) is 0 Å². The van der Waals surface area contributed by atoms with Crippen molar-refractivity contribution in [1.29, 1.82) is 0 Å². The van der Waals surface area contributed by atoms with Gasteiger partial charge in [0.1, 0.15) is 11.3 Å². The molecule has 1 fully saturated rings. The molecule has 5 rings (SSSR count). The summed E-state index contributed by atoms with van der Waals surface area (Å²) in [6.07, 6.45) is 3.53. The normalized spacial score (nSPS) is 15.3. The monoisotopic (exact) mass is 475 g/mol. The maximum absolute atomic E-state index is 14.0. The highest BCUT2D eigenvalue weighted by molar-refractivity contribution is 6.02. The first kappa shape index (κ1) is 22.5. The van der Waals surface area contributed by atoms with Gasteiger partial charge in [0.15, 0.2) is 23.2 Å². The second-order valence-corrected chi connectivity index (χ2v) is 8.32. The summed E-state index contributed by atoms with van der Waals surface area (Å²) in [5.41, 5.74) is 7.82. The zero-order chi connectivity index (χ0) is 24.5. The summed E-state index contributed by atoms with van der Waals surface area (Å²) in [4.78, 5) is 14.9. The van der Waals surface area contributed by atoms with Crippen molar-refractivity contribution < 1.29 is 13.5 Å². The zero-order valence-electron chi connectivity index (χ0n) is 19.0. The molecule has 1 saturated heterocycles. The number of hydrogen-bond donors (Lipinski definition) is 2. The summed E-state index contributed by atoms with van der Waals surface area (Å²) >= 11 is 0. The number of nitrogen functional groups attached to an aromatic ring is 1. The lowest BCUT2D eigenvalue weighted by molar-refractivity contribution is 0.407. The number of nitrogens with two attached hydrogens (primary N) is 1. The third-order valence-electron chi connectivity index (χ3n) is 6.06. The van der Waals surface area contributed by atoms with Gasteiger partial charge in [0.05, 0.1) is 11.4 Å². The fourth-order valence-corrected chi connectivity index (χ4v) is 4.40. The van der Waals surface area contributed by atoms with E-state index in [4.69, 9.17) is 10.5 Å². The summed E-state index contributed by atoms with van der Waals surface area (Å²) in [7, 11) is 0. The van der Waals surface area contributed by atoms with Crippen LogP contribution in [0.2, 0.25) is 0 Å². The number of aromatic amines is 1. The summed E-state index contributed by atoms with van der Waals surface area (Å²) in [5, 5.41) is 7.00. The zero-order valence-corrected chi connectivity index (χ0v) is 19.0. The lowest BCUT2D eigenvalue weighted by Crippen LogP contribution is -2.19. The molecule has 0 unspecified atom stereocenters. The largest absolute Gasteiger partial charge is 0.451 e. The molecule has 0 amide bonds. The van der Waals surface area contributed by atoms with Gasteiger partial charge in [0.2, 0.25) is 0 Å². The predicted molar refractivity (Wildman–Crippen MR) is 130 cm³/mol. The minimum Gasteiger partial charge on any atom is -0.451 e. The van der Waals surface area contributed by atoms with Crippen LogP contribution < -0.4 is 16.0 Å². The molecule has 3 N–H and O–H groups in total. The Kier molecular flexibility index (Phi) is 5.87. The van der Waals surface area contributed by atoms with Crippen molar-refractivity contribution >= 4 is 16.7 Å². The molecular formula is C26H23F2N5O2. The maximum Gasteiger partial charge on any atom is 0.288 e. The second kappa shape index (κ2) is 9.14. The molecule has 7 nitrogen and oxygen atoms in total. The lowest BCUT2D eigenvalue weighted by Gasteiger charge is -2.13. The van der Waals surface area contributed by atoms with E-state index < -0.39 is 17.4 Å². The van der Waals surface area contributed by atoms with E-state index in [0.29, 0.717) is 17.4 Å². The standard InChI is InChI=1S/C26H23F2N5O2/c1-2-3-12-32-13-11-17(14-32)33-15-19(22-23(33)26(34)31-30-25(22)29)16-7-9-18(10-8-16)35-24-20(27)5-4-6-21(24)28/h4-10,15,17H,2,11,13-14H2,1H3,(H2,29,30)(H,31,34)/t17-/m1/s1. The van der Waals surface area contributed by atoms with Gasteiger partial charge < -0.3 is 19.9 Å². The number of aromatic nitrogens is 3. The van der Waals surface area contributed by atoms with Gasteiger partial charge in [-0.2, -0.15) is 5.10 Å². The third kappa shape index (κ3) is 4.19. The molecule has 4 aromatic rings. The molecule has 178 valence electrons. The highest BCUT2D eigenvalue weighted by Crippen LogP contribution is 2.37. The number of H-pyrrole nitrogens is 1. The van der Waals surface area contributed by atoms with Gasteiger partial charge in [-0.3, -0.25) is 4.79 Å². The van der Waals surface area contributed by atoms with Crippen molar-refractivity contribution in [2.24, 2.45) is 0 Å². The molecule has 2 aromatic carbocycles. The van der Waals surface area contributed by atoms with Gasteiger partial charge in [0, 0.05) is 37.3 Å². The van der Waals surface area contributed by atoms with Gasteiger partial charge in [0.25, 0.3) is 5.56 Å². The SMILES string of the molecule is CCC#CN1CC[C@@H](n2cc(-c3ccc(Oc4c(F)cccc4F)cc3)c3c(N)n[nH]c(=O)c32)C1. The van der Waals surface area contributed by atoms with E-state index in [2.05, 4.69) is 27.1 Å². The Labute approximate surface area is 200 Å². The first-order valence-electron chi connectivity index (χ1n) is 11.3. The third-order valence-corrected chi connectivity index (χ3v) is 6.06. The van der Waals surface area contributed by atoms with E-state index in [9.17, 15) is 13.6 Å². The summed E-state index contributed by atoms with van der Waals surface area (Å²) in [6.45, 7) is 3.51. The Hall–Kier alpha value is -4.32. The molecule has 1 atom stereocenters. The molecule has 3 heterocycles. The number of para-hydroxylation sites is 1. The number of ether oxygens (including phenoxy) is 1. The predicted octanol–water partition coefficient (Wildman–Crippen LogP) is 4.66. The van der Waals surface area contributed by atoms with Crippen molar-refractivity contribution in [3.63, 3.8) is 0 Å². The maximum atomic E-state index is 14.0. The van der Waals surface area contributed by atoms with Crippen LogP contribution in [0.1, 0.15) is 25.8 Å². The van der Waals surface area contributed by atoms with Crippen LogP contribution in [0.4, 0.5) is 14.6 Å². The highest BCUT2D eigenvalue weighted by atomic mass is 19.1. The fourth-order valence-electron chi connectivity index (χ4n) is 4.40. The number of anilines is 1. The van der Waals surface area contributed by atoms with Crippen LogP contribution in [0.25, 0.3) is 22.0 Å². The number of hydrogen-bond acceptors (Lipinski definition) is 5. The number of rotatable bonds is 4. The van der Waals surface area contributed by atoms with Crippen molar-refractivity contribution in [1.82, 2.24) is 19.7 Å². The minimum atomic E-state index is -0.788. The number of likely N-dealkylation sites (tertiary alicyclic amines) is 1. The molecule has 0 bridgehead atoms. The lowest BCUT2D eigenvalue weighted by atomic mass is 10.1. The number of nitrogens with zero attached hydrogens (tertiary/aromatic N) is 3. The average Bonchev–Trinajstić information content (AvgIpc) is 3.49. The minimum absolute atomic E-state index is 0.0481. The van der Waals surface area contributed by atoms with E-state index >= 15 is 0 Å². The average molecular weight is 475 g/mol. The topological polar surface area (TPSA) is 89.2 Å². The van der Waals surface area contributed by atoms with Gasteiger partial charge in [-0.05, 0) is 36.2 Å². The van der Waals surface area contributed by atoms with Crippen LogP contribution >= 0.6 is 0 Å². The molecule has 1 aliphatic heterocycles. The van der Waals surface area contributed by atoms with Crippen LogP contribution in [0.15, 0.2) is 53.5 Å². The molecule has 2 aromatic heterocycles. The Morgan fingerprint density at radius 3 is 2.66 bits per heavy atom. The first-order valence-corrected chi connectivity index (χ1v) is 11.3. The van der Waals surface area contributed by atoms with Crippen LogP contribution in [0.3, 0.4) is 0 Å². The molecule has 1 aliphatic rings. The van der Waals surface area contributed by atoms with E-state index in [0.717, 1.165) is 42.6 Å². The van der Waals surface area contributed by atoms with Crippen LogP contribution in [-0.2, 0) is 0 Å². The molecule has 0 spiro atoms. The van der Waals surface area contributed by atoms with Crippen molar-refractivity contribution in [2.75, 3.05) is 18.8 Å². The number of halogens is 2. The Balaban J connectivity index is 1.52. The van der Waals surface area contributed by atoms with Crippen molar-refractivity contribution in [3.05, 3.63) is 70.6 Å². The Morgan fingerprint density at radius 1 is 1.20 bits per heavy atom. The van der Waals surface area contributed by atoms with Crippen LogP contribution in [0.5, 0.6) is 11.5 Å². The van der Waals surface area contributed by atoms with Crippen molar-refractivity contribution in [3.8, 4) is 34.6 Å². The molecule has 9 heteroatoms. The quantitative estimate of drug-likeness (QED) is 0.419. The highest BCUT2D eigenvalue weighted by Gasteiger charge is 2.27. The van der Waals surface area contributed by atoms with E-state index in [-0.39, 0.29) is 23.2 Å². The summed E-state index contributed by atoms with van der Waals surface area (Å²) < 4.78 is 35.3.